The zero-order chi connectivity index (χ0) is 15.6. The molecule has 3 rings (SSSR count). The van der Waals surface area contributed by atoms with Crippen molar-refractivity contribution >= 4 is 9.84 Å². The largest absolute Gasteiger partial charge is 0.487 e. The third-order valence-electron chi connectivity index (χ3n) is 4.41. The average Bonchev–Trinajstić information content (AvgIpc) is 2.62. The minimum absolute atomic E-state index is 0.00724. The lowest BCUT2D eigenvalue weighted by atomic mass is 9.91. The standard InChI is InChI=1S/C16H23NO4S/c1-22(18,19)16-7-5-14(6-8-16)21-15-11-17(9-10-20-12-15)13-3-2-4-13/h5-8,13,15H,2-4,9-12H2,1H3/t15-/m1/s1. The van der Waals surface area contributed by atoms with Gasteiger partial charge in [0.1, 0.15) is 11.9 Å². The van der Waals surface area contributed by atoms with Crippen molar-refractivity contribution < 1.29 is 17.9 Å². The average molecular weight is 325 g/mol. The first kappa shape index (κ1) is 15.8. The van der Waals surface area contributed by atoms with Crippen molar-refractivity contribution in [3.8, 4) is 5.75 Å². The molecule has 5 nitrogen and oxygen atoms in total. The normalized spacial score (nSPS) is 24.5. The van der Waals surface area contributed by atoms with Gasteiger partial charge in [-0.2, -0.15) is 0 Å². The van der Waals surface area contributed by atoms with E-state index in [4.69, 9.17) is 9.47 Å². The van der Waals surface area contributed by atoms with Gasteiger partial charge in [-0.1, -0.05) is 6.42 Å². The number of nitrogens with zero attached hydrogens (tertiary/aromatic N) is 1. The SMILES string of the molecule is CS(=O)(=O)c1ccc(O[C@H]2COCCN(C3CCC3)C2)cc1. The number of ether oxygens (including phenoxy) is 2. The van der Waals surface area contributed by atoms with Crippen LogP contribution in [0.2, 0.25) is 0 Å². The molecule has 22 heavy (non-hydrogen) atoms. The molecule has 0 spiro atoms. The number of sulfone groups is 1. The number of rotatable bonds is 4. The van der Waals surface area contributed by atoms with Crippen molar-refractivity contribution in [1.29, 1.82) is 0 Å². The molecule has 0 aromatic heterocycles. The zero-order valence-corrected chi connectivity index (χ0v) is 13.7. The third-order valence-corrected chi connectivity index (χ3v) is 5.54. The Labute approximate surface area is 132 Å². The molecular formula is C16H23NO4S. The second kappa shape index (κ2) is 6.56. The predicted octanol–water partition coefficient (Wildman–Crippen LogP) is 1.72. The van der Waals surface area contributed by atoms with E-state index in [0.29, 0.717) is 23.3 Å². The van der Waals surface area contributed by atoms with Crippen molar-refractivity contribution in [2.45, 2.75) is 36.3 Å². The van der Waals surface area contributed by atoms with E-state index in [0.717, 1.165) is 19.7 Å². The maximum Gasteiger partial charge on any atom is 0.175 e. The fourth-order valence-electron chi connectivity index (χ4n) is 2.91. The lowest BCUT2D eigenvalue weighted by Gasteiger charge is -2.37. The molecule has 0 amide bonds. The molecule has 2 aliphatic rings. The highest BCUT2D eigenvalue weighted by molar-refractivity contribution is 7.90. The third kappa shape index (κ3) is 3.80. The molecule has 0 N–H and O–H groups in total. The van der Waals surface area contributed by atoms with Crippen molar-refractivity contribution in [2.75, 3.05) is 32.6 Å². The summed E-state index contributed by atoms with van der Waals surface area (Å²) in [4.78, 5) is 2.78. The Bertz CT molecular complexity index is 595. The lowest BCUT2D eigenvalue weighted by Crippen LogP contribution is -2.45. The summed E-state index contributed by atoms with van der Waals surface area (Å²) in [6.45, 7) is 3.18. The van der Waals surface area contributed by atoms with Crippen LogP contribution in [0.3, 0.4) is 0 Å². The van der Waals surface area contributed by atoms with E-state index in [2.05, 4.69) is 4.90 Å². The molecular weight excluding hydrogens is 302 g/mol. The zero-order valence-electron chi connectivity index (χ0n) is 12.9. The van der Waals surface area contributed by atoms with Crippen LogP contribution in [0.5, 0.6) is 5.75 Å². The summed E-state index contributed by atoms with van der Waals surface area (Å²) in [6.07, 6.45) is 5.07. The van der Waals surface area contributed by atoms with Crippen LogP contribution < -0.4 is 4.74 Å². The summed E-state index contributed by atoms with van der Waals surface area (Å²) in [7, 11) is -3.16. The summed E-state index contributed by atoms with van der Waals surface area (Å²) in [5.41, 5.74) is 0. The maximum atomic E-state index is 11.5. The van der Waals surface area contributed by atoms with Crippen LogP contribution in [0.25, 0.3) is 0 Å². The highest BCUT2D eigenvalue weighted by Crippen LogP contribution is 2.26. The molecule has 0 radical (unpaired) electrons. The van der Waals surface area contributed by atoms with Crippen LogP contribution in [0.15, 0.2) is 29.2 Å². The van der Waals surface area contributed by atoms with E-state index in [-0.39, 0.29) is 6.10 Å². The van der Waals surface area contributed by atoms with Gasteiger partial charge < -0.3 is 9.47 Å². The molecule has 1 aromatic carbocycles. The van der Waals surface area contributed by atoms with Gasteiger partial charge in [-0.15, -0.1) is 0 Å². The molecule has 122 valence electrons. The molecule has 1 aromatic rings. The van der Waals surface area contributed by atoms with Crippen LogP contribution in [0.1, 0.15) is 19.3 Å². The van der Waals surface area contributed by atoms with Gasteiger partial charge in [0.25, 0.3) is 0 Å². The van der Waals surface area contributed by atoms with Crippen LogP contribution in [0.4, 0.5) is 0 Å². The fraction of sp³-hybridized carbons (Fsp3) is 0.625. The molecule has 1 saturated carbocycles. The van der Waals surface area contributed by atoms with Gasteiger partial charge in [0.15, 0.2) is 9.84 Å². The minimum Gasteiger partial charge on any atom is -0.487 e. The van der Waals surface area contributed by atoms with Gasteiger partial charge in [0.2, 0.25) is 0 Å². The Balaban J connectivity index is 1.63. The van der Waals surface area contributed by atoms with Crippen molar-refractivity contribution in [2.24, 2.45) is 0 Å². The Hall–Kier alpha value is -1.11. The Morgan fingerprint density at radius 2 is 1.95 bits per heavy atom. The van der Waals surface area contributed by atoms with E-state index in [9.17, 15) is 8.42 Å². The topological polar surface area (TPSA) is 55.8 Å². The first-order valence-electron chi connectivity index (χ1n) is 7.81. The van der Waals surface area contributed by atoms with Crippen LogP contribution in [0, 0.1) is 0 Å². The summed E-state index contributed by atoms with van der Waals surface area (Å²) >= 11 is 0. The summed E-state index contributed by atoms with van der Waals surface area (Å²) < 4.78 is 34.6. The van der Waals surface area contributed by atoms with Crippen LogP contribution in [-0.4, -0.2) is 58.0 Å². The Morgan fingerprint density at radius 1 is 1.23 bits per heavy atom. The highest BCUT2D eigenvalue weighted by atomic mass is 32.2. The Morgan fingerprint density at radius 3 is 2.55 bits per heavy atom. The monoisotopic (exact) mass is 325 g/mol. The van der Waals surface area contributed by atoms with Gasteiger partial charge in [-0.05, 0) is 37.1 Å². The molecule has 0 bridgehead atoms. The molecule has 0 unspecified atom stereocenters. The second-order valence-corrected chi connectivity index (χ2v) is 8.15. The first-order valence-corrected chi connectivity index (χ1v) is 9.70. The van der Waals surface area contributed by atoms with Gasteiger partial charge >= 0.3 is 0 Å². The van der Waals surface area contributed by atoms with Gasteiger partial charge in [0, 0.05) is 25.4 Å². The molecule has 1 atom stereocenters. The lowest BCUT2D eigenvalue weighted by molar-refractivity contribution is 0.0658. The number of hydrogen-bond acceptors (Lipinski definition) is 5. The maximum absolute atomic E-state index is 11.5. The van der Waals surface area contributed by atoms with E-state index < -0.39 is 9.84 Å². The summed E-state index contributed by atoms with van der Waals surface area (Å²) in [5.74, 6) is 0.691. The predicted molar refractivity (Wildman–Crippen MR) is 84.0 cm³/mol. The van der Waals surface area contributed by atoms with Gasteiger partial charge in [-0.3, -0.25) is 4.90 Å². The molecule has 6 heteroatoms. The number of hydrogen-bond donors (Lipinski definition) is 0. The van der Waals surface area contributed by atoms with E-state index in [1.807, 2.05) is 0 Å². The fourth-order valence-corrected chi connectivity index (χ4v) is 3.55. The van der Waals surface area contributed by atoms with Crippen molar-refractivity contribution in [3.63, 3.8) is 0 Å². The van der Waals surface area contributed by atoms with Gasteiger partial charge in [0.05, 0.1) is 18.1 Å². The van der Waals surface area contributed by atoms with Crippen molar-refractivity contribution in [1.82, 2.24) is 4.90 Å². The first-order chi connectivity index (χ1) is 10.5. The molecule has 1 aliphatic carbocycles. The van der Waals surface area contributed by atoms with E-state index >= 15 is 0 Å². The van der Waals surface area contributed by atoms with Gasteiger partial charge in [-0.25, -0.2) is 8.42 Å². The van der Waals surface area contributed by atoms with Crippen molar-refractivity contribution in [3.05, 3.63) is 24.3 Å². The van der Waals surface area contributed by atoms with E-state index in [1.165, 1.54) is 25.5 Å². The molecule has 2 fully saturated rings. The summed E-state index contributed by atoms with van der Waals surface area (Å²) in [5, 5.41) is 0. The molecule has 1 saturated heterocycles. The number of benzene rings is 1. The quantitative estimate of drug-likeness (QED) is 0.844. The Kier molecular flexibility index (Phi) is 4.70. The smallest absolute Gasteiger partial charge is 0.175 e. The van der Waals surface area contributed by atoms with E-state index in [1.54, 1.807) is 24.3 Å². The molecule has 1 aliphatic heterocycles. The molecule has 1 heterocycles. The van der Waals surface area contributed by atoms with Crippen LogP contribution >= 0.6 is 0 Å². The summed E-state index contributed by atoms with van der Waals surface area (Å²) in [6, 6.07) is 7.29. The minimum atomic E-state index is -3.16. The highest BCUT2D eigenvalue weighted by Gasteiger charge is 2.29. The second-order valence-electron chi connectivity index (χ2n) is 6.14. The van der Waals surface area contributed by atoms with Crippen LogP contribution in [-0.2, 0) is 14.6 Å².